The molecule has 1 atom stereocenters. The van der Waals surface area contributed by atoms with E-state index in [1.807, 2.05) is 13.2 Å². The predicted octanol–water partition coefficient (Wildman–Crippen LogP) is 1.70. The molecule has 0 saturated carbocycles. The molecule has 3 heterocycles. The third kappa shape index (κ3) is 3.68. The first-order chi connectivity index (χ1) is 11.3. The van der Waals surface area contributed by atoms with Gasteiger partial charge in [0.1, 0.15) is 23.4 Å². The average molecular weight is 316 g/mol. The number of aromatic nitrogens is 4. The van der Waals surface area contributed by atoms with E-state index in [1.165, 1.54) is 0 Å². The number of ether oxygens (including phenoxy) is 1. The molecule has 1 aliphatic rings. The number of hydrogen-bond donors (Lipinski definition) is 1. The van der Waals surface area contributed by atoms with E-state index < -0.39 is 0 Å². The lowest BCUT2D eigenvalue weighted by molar-refractivity contribution is -0.0357. The molecule has 0 aromatic carbocycles. The highest BCUT2D eigenvalue weighted by Gasteiger charge is 2.26. The second kappa shape index (κ2) is 7.52. The lowest BCUT2D eigenvalue weighted by Crippen LogP contribution is -2.39. The maximum absolute atomic E-state index is 5.92. The van der Waals surface area contributed by atoms with E-state index in [-0.39, 0.29) is 6.10 Å². The molecule has 0 aliphatic carbocycles. The Bertz CT molecular complexity index is 629. The second-order valence-electron chi connectivity index (χ2n) is 5.67. The van der Waals surface area contributed by atoms with Crippen molar-refractivity contribution in [1.82, 2.24) is 24.4 Å². The zero-order chi connectivity index (χ0) is 16.1. The van der Waals surface area contributed by atoms with Gasteiger partial charge in [-0.2, -0.15) is 0 Å². The summed E-state index contributed by atoms with van der Waals surface area (Å²) >= 11 is 0. The van der Waals surface area contributed by atoms with Crippen LogP contribution in [0.2, 0.25) is 0 Å². The molecule has 7 heteroatoms. The summed E-state index contributed by atoms with van der Waals surface area (Å²) in [6.45, 7) is 6.43. The fraction of sp³-hybridized carbons (Fsp3) is 0.562. The first kappa shape index (κ1) is 15.9. The Morgan fingerprint density at radius 3 is 2.96 bits per heavy atom. The van der Waals surface area contributed by atoms with E-state index in [2.05, 4.69) is 42.9 Å². The van der Waals surface area contributed by atoms with Crippen molar-refractivity contribution in [2.75, 3.05) is 32.1 Å². The summed E-state index contributed by atoms with van der Waals surface area (Å²) in [4.78, 5) is 15.6. The molecule has 23 heavy (non-hydrogen) atoms. The Kier molecular flexibility index (Phi) is 5.19. The number of anilines is 1. The van der Waals surface area contributed by atoms with Gasteiger partial charge in [-0.25, -0.2) is 9.97 Å². The van der Waals surface area contributed by atoms with E-state index in [4.69, 9.17) is 4.74 Å². The van der Waals surface area contributed by atoms with Crippen LogP contribution in [0.4, 0.5) is 5.82 Å². The maximum Gasteiger partial charge on any atom is 0.150 e. The fourth-order valence-electron chi connectivity index (χ4n) is 2.92. The zero-order valence-electron chi connectivity index (χ0n) is 13.8. The van der Waals surface area contributed by atoms with Gasteiger partial charge in [0.25, 0.3) is 0 Å². The zero-order valence-corrected chi connectivity index (χ0v) is 13.8. The number of nitrogens with one attached hydrogen (secondary N) is 1. The van der Waals surface area contributed by atoms with Crippen LogP contribution in [-0.4, -0.2) is 51.2 Å². The SMILES string of the molecule is CCCn1ccnc1CN1CCO[C@H](c2nccnc2NC)C1. The van der Waals surface area contributed by atoms with Crippen LogP contribution in [0.3, 0.4) is 0 Å². The largest absolute Gasteiger partial charge is 0.372 e. The molecule has 1 fully saturated rings. The minimum absolute atomic E-state index is 0.0607. The van der Waals surface area contributed by atoms with Crippen molar-refractivity contribution in [1.29, 1.82) is 0 Å². The van der Waals surface area contributed by atoms with Crippen molar-refractivity contribution in [3.63, 3.8) is 0 Å². The summed E-state index contributed by atoms with van der Waals surface area (Å²) in [6, 6.07) is 0. The number of imidazole rings is 1. The summed E-state index contributed by atoms with van der Waals surface area (Å²) in [5.74, 6) is 1.90. The smallest absolute Gasteiger partial charge is 0.150 e. The van der Waals surface area contributed by atoms with Gasteiger partial charge in [-0.05, 0) is 6.42 Å². The van der Waals surface area contributed by atoms with Crippen LogP contribution < -0.4 is 5.32 Å². The molecular formula is C16H24N6O. The molecule has 0 radical (unpaired) electrons. The van der Waals surface area contributed by atoms with Crippen molar-refractivity contribution >= 4 is 5.82 Å². The monoisotopic (exact) mass is 316 g/mol. The van der Waals surface area contributed by atoms with Gasteiger partial charge in [0.2, 0.25) is 0 Å². The van der Waals surface area contributed by atoms with E-state index in [9.17, 15) is 0 Å². The van der Waals surface area contributed by atoms with Crippen LogP contribution in [0.25, 0.3) is 0 Å². The van der Waals surface area contributed by atoms with Gasteiger partial charge < -0.3 is 14.6 Å². The normalized spacial score (nSPS) is 19.0. The lowest BCUT2D eigenvalue weighted by atomic mass is 10.2. The van der Waals surface area contributed by atoms with Crippen molar-refractivity contribution in [2.45, 2.75) is 32.5 Å². The lowest BCUT2D eigenvalue weighted by Gasteiger charge is -2.32. The third-order valence-electron chi connectivity index (χ3n) is 4.05. The second-order valence-corrected chi connectivity index (χ2v) is 5.67. The van der Waals surface area contributed by atoms with Gasteiger partial charge in [-0.15, -0.1) is 0 Å². The molecule has 3 rings (SSSR count). The Hall–Kier alpha value is -1.99. The van der Waals surface area contributed by atoms with E-state index >= 15 is 0 Å². The summed E-state index contributed by atoms with van der Waals surface area (Å²) in [5.41, 5.74) is 0.872. The summed E-state index contributed by atoms with van der Waals surface area (Å²) < 4.78 is 8.15. The van der Waals surface area contributed by atoms with E-state index in [0.717, 1.165) is 49.9 Å². The van der Waals surface area contributed by atoms with Gasteiger partial charge in [-0.3, -0.25) is 9.88 Å². The maximum atomic E-state index is 5.92. The van der Waals surface area contributed by atoms with Gasteiger partial charge in [0.05, 0.1) is 13.2 Å². The van der Waals surface area contributed by atoms with Gasteiger partial charge in [-0.1, -0.05) is 6.92 Å². The Balaban J connectivity index is 1.69. The standard InChI is InChI=1S/C16H24N6O/c1-3-7-22-8-6-18-14(22)12-21-9-10-23-13(11-21)15-16(17-2)20-5-4-19-15/h4-6,8,13H,3,7,9-12H2,1-2H3,(H,17,20)/t13-/m0/s1. The first-order valence-corrected chi connectivity index (χ1v) is 8.14. The molecular weight excluding hydrogens is 292 g/mol. The Morgan fingerprint density at radius 2 is 2.13 bits per heavy atom. The minimum Gasteiger partial charge on any atom is -0.372 e. The van der Waals surface area contributed by atoms with Crippen LogP contribution in [0.1, 0.15) is 31.0 Å². The van der Waals surface area contributed by atoms with Gasteiger partial charge >= 0.3 is 0 Å². The minimum atomic E-state index is -0.0607. The van der Waals surface area contributed by atoms with Crippen molar-refractivity contribution < 1.29 is 4.74 Å². The molecule has 1 N–H and O–H groups in total. The molecule has 0 amide bonds. The quantitative estimate of drug-likeness (QED) is 0.875. The highest BCUT2D eigenvalue weighted by molar-refractivity contribution is 5.40. The topological polar surface area (TPSA) is 68.1 Å². The van der Waals surface area contributed by atoms with Crippen LogP contribution in [0, 0.1) is 0 Å². The molecule has 0 bridgehead atoms. The Labute approximate surface area is 136 Å². The van der Waals surface area contributed by atoms with Crippen molar-refractivity contribution in [3.8, 4) is 0 Å². The fourth-order valence-corrected chi connectivity index (χ4v) is 2.92. The van der Waals surface area contributed by atoms with Gasteiger partial charge in [0.15, 0.2) is 0 Å². The first-order valence-electron chi connectivity index (χ1n) is 8.14. The van der Waals surface area contributed by atoms with Crippen LogP contribution in [0.5, 0.6) is 0 Å². The molecule has 124 valence electrons. The van der Waals surface area contributed by atoms with Crippen molar-refractivity contribution in [2.24, 2.45) is 0 Å². The van der Waals surface area contributed by atoms with E-state index in [1.54, 1.807) is 12.4 Å². The van der Waals surface area contributed by atoms with Crippen molar-refractivity contribution in [3.05, 3.63) is 36.3 Å². The molecule has 0 spiro atoms. The highest BCUT2D eigenvalue weighted by atomic mass is 16.5. The Morgan fingerprint density at radius 1 is 1.26 bits per heavy atom. The molecule has 2 aromatic heterocycles. The molecule has 7 nitrogen and oxygen atoms in total. The average Bonchev–Trinajstić information content (AvgIpc) is 3.02. The van der Waals surface area contributed by atoms with Gasteiger partial charge in [0, 0.05) is 51.5 Å². The van der Waals surface area contributed by atoms with E-state index in [0.29, 0.717) is 6.61 Å². The van der Waals surface area contributed by atoms with Crippen LogP contribution >= 0.6 is 0 Å². The highest BCUT2D eigenvalue weighted by Crippen LogP contribution is 2.25. The van der Waals surface area contributed by atoms with Crippen LogP contribution in [0.15, 0.2) is 24.8 Å². The third-order valence-corrected chi connectivity index (χ3v) is 4.05. The van der Waals surface area contributed by atoms with Crippen LogP contribution in [-0.2, 0) is 17.8 Å². The molecule has 2 aromatic rings. The molecule has 1 saturated heterocycles. The number of hydrogen-bond acceptors (Lipinski definition) is 6. The number of nitrogens with zero attached hydrogens (tertiary/aromatic N) is 5. The predicted molar refractivity (Wildman–Crippen MR) is 88.1 cm³/mol. The summed E-state index contributed by atoms with van der Waals surface area (Å²) in [7, 11) is 1.86. The molecule has 1 aliphatic heterocycles. The summed E-state index contributed by atoms with van der Waals surface area (Å²) in [6.07, 6.45) is 8.39. The molecule has 0 unspecified atom stereocenters. The summed E-state index contributed by atoms with van der Waals surface area (Å²) in [5, 5.41) is 3.09. The number of aryl methyl sites for hydroxylation is 1. The number of rotatable bonds is 6. The number of morpholine rings is 1.